The van der Waals surface area contributed by atoms with Crippen molar-refractivity contribution < 1.29 is 58.6 Å². The number of halogens is 10. The molecule has 17 nitrogen and oxygen atoms in total. The topological polar surface area (TPSA) is 215 Å². The van der Waals surface area contributed by atoms with Crippen LogP contribution in [-0.2, 0) is 14.1 Å². The number of aromatic nitrogens is 12. The molecule has 0 fully saturated rings. The Kier molecular flexibility index (Phi) is 13.7. The van der Waals surface area contributed by atoms with E-state index in [9.17, 15) is 53.5 Å². The van der Waals surface area contributed by atoms with E-state index in [-0.39, 0.29) is 40.2 Å². The zero-order valence-electron chi connectivity index (χ0n) is 30.6. The van der Waals surface area contributed by atoms with Gasteiger partial charge in [0, 0.05) is 26.5 Å². The van der Waals surface area contributed by atoms with Crippen LogP contribution in [0.5, 0.6) is 0 Å². The Morgan fingerprint density at radius 3 is 1.58 bits per heavy atom. The van der Waals surface area contributed by atoms with Gasteiger partial charge in [0.15, 0.2) is 11.6 Å². The van der Waals surface area contributed by atoms with Crippen LogP contribution in [0.2, 0.25) is 0 Å². The number of aromatic carboxylic acids is 1. The van der Waals surface area contributed by atoms with Gasteiger partial charge in [-0.25, -0.2) is 32.3 Å². The van der Waals surface area contributed by atoms with Crippen molar-refractivity contribution in [3.63, 3.8) is 0 Å². The second-order valence-corrected chi connectivity index (χ2v) is 12.0. The van der Waals surface area contributed by atoms with Gasteiger partial charge in [0.25, 0.3) is 18.8 Å². The van der Waals surface area contributed by atoms with Gasteiger partial charge in [-0.3, -0.25) is 14.2 Å². The van der Waals surface area contributed by atoms with Crippen molar-refractivity contribution in [1.82, 2.24) is 59.1 Å². The summed E-state index contributed by atoms with van der Waals surface area (Å²) < 4.78 is 131. The number of rotatable bonds is 9. The Labute approximate surface area is 324 Å². The average molecular weight is 849 g/mol. The maximum Gasteiger partial charge on any atom is 0.408 e. The van der Waals surface area contributed by atoms with Crippen LogP contribution in [0, 0.1) is 0 Å². The third kappa shape index (κ3) is 11.1. The van der Waals surface area contributed by atoms with Crippen LogP contribution >= 0.6 is 0 Å². The summed E-state index contributed by atoms with van der Waals surface area (Å²) >= 11 is 0. The molecule has 316 valence electrons. The van der Waals surface area contributed by atoms with Gasteiger partial charge < -0.3 is 25.3 Å². The lowest BCUT2D eigenvalue weighted by Gasteiger charge is -2.18. The molecule has 0 aliphatic rings. The first kappa shape index (κ1) is 44.8. The number of nitrogen functional groups attached to an aromatic ring is 1. The molecule has 1 amide bonds. The molecule has 0 saturated heterocycles. The number of amides is 1. The molecule has 0 aromatic carbocycles. The van der Waals surface area contributed by atoms with Crippen molar-refractivity contribution in [2.45, 2.75) is 51.1 Å². The van der Waals surface area contributed by atoms with E-state index in [1.165, 1.54) is 44.4 Å². The van der Waals surface area contributed by atoms with Crippen molar-refractivity contribution in [2.24, 2.45) is 14.1 Å². The van der Waals surface area contributed by atoms with Crippen molar-refractivity contribution in [3.8, 4) is 23.0 Å². The third-order valence-corrected chi connectivity index (χ3v) is 7.75. The lowest BCUT2D eigenvalue weighted by Crippen LogP contribution is -2.24. The predicted octanol–water partition coefficient (Wildman–Crippen LogP) is 6.49. The predicted molar refractivity (Wildman–Crippen MR) is 184 cm³/mol. The fourth-order valence-electron chi connectivity index (χ4n) is 4.80. The van der Waals surface area contributed by atoms with E-state index in [1.54, 1.807) is 6.07 Å². The number of pyridine rings is 2. The Hall–Kier alpha value is -6.96. The van der Waals surface area contributed by atoms with E-state index in [1.807, 2.05) is 0 Å². The first-order valence-electron chi connectivity index (χ1n) is 16.3. The third-order valence-electron chi connectivity index (χ3n) is 7.75. The monoisotopic (exact) mass is 848 g/mol. The highest BCUT2D eigenvalue weighted by Crippen LogP contribution is 2.34. The molecule has 0 saturated carbocycles. The largest absolute Gasteiger partial charge is 0.478 e. The molecule has 6 heterocycles. The summed E-state index contributed by atoms with van der Waals surface area (Å²) in [6.45, 7) is 1.96. The summed E-state index contributed by atoms with van der Waals surface area (Å²) in [5.41, 5.74) is 3.57. The van der Waals surface area contributed by atoms with Crippen molar-refractivity contribution in [2.75, 3.05) is 11.1 Å². The van der Waals surface area contributed by atoms with Gasteiger partial charge in [-0.05, 0) is 38.1 Å². The van der Waals surface area contributed by atoms with E-state index >= 15 is 0 Å². The zero-order chi connectivity index (χ0) is 44.0. The molecule has 6 aromatic heterocycles. The molecule has 6 aromatic rings. The number of alkyl halides is 10. The number of hydrogen-bond acceptors (Lipinski definition) is 11. The maximum atomic E-state index is 13.0. The number of carbonyl (C=O) groups excluding carboxylic acids is 1. The molecule has 27 heteroatoms. The van der Waals surface area contributed by atoms with E-state index in [2.05, 4.69) is 45.9 Å². The van der Waals surface area contributed by atoms with Crippen LogP contribution < -0.4 is 11.1 Å². The molecule has 0 unspecified atom stereocenters. The second-order valence-electron chi connectivity index (χ2n) is 12.0. The van der Waals surface area contributed by atoms with Crippen molar-refractivity contribution >= 4 is 23.5 Å². The quantitative estimate of drug-likeness (QED) is 0.133. The fraction of sp³-hybridized carbons (Fsp3) is 0.312. The van der Waals surface area contributed by atoms with Gasteiger partial charge in [0.2, 0.25) is 0 Å². The Bertz CT molecular complexity index is 2370. The molecule has 0 aliphatic heterocycles. The maximum absolute atomic E-state index is 13.0. The minimum Gasteiger partial charge on any atom is -0.478 e. The van der Waals surface area contributed by atoms with Gasteiger partial charge >= 0.3 is 18.3 Å². The van der Waals surface area contributed by atoms with Crippen LogP contribution in [0.4, 0.5) is 55.5 Å². The van der Waals surface area contributed by atoms with E-state index < -0.39 is 66.1 Å². The summed E-state index contributed by atoms with van der Waals surface area (Å²) in [5.74, 6) is -2.26. The number of hydrogen-bond donors (Lipinski definition) is 3. The number of carbonyl (C=O) groups is 2. The number of carboxylic acids is 1. The summed E-state index contributed by atoms with van der Waals surface area (Å²) in [6.07, 6.45) is -10.6. The van der Waals surface area contributed by atoms with Crippen LogP contribution in [0.3, 0.4) is 0 Å². The second kappa shape index (κ2) is 18.1. The summed E-state index contributed by atoms with van der Waals surface area (Å²) in [4.78, 5) is 30.7. The summed E-state index contributed by atoms with van der Waals surface area (Å²) in [7, 11) is 2.77. The molecule has 4 N–H and O–H groups in total. The van der Waals surface area contributed by atoms with Gasteiger partial charge in [0.1, 0.15) is 64.7 Å². The van der Waals surface area contributed by atoms with Crippen LogP contribution in [0.1, 0.15) is 70.9 Å². The van der Waals surface area contributed by atoms with Gasteiger partial charge in [-0.15, -0.1) is 20.4 Å². The standard InChI is InChI=1S/C16H14F5N7O.C10H10F3N5.C6H6F2N2O2/c1-8(16(19,20)21)28-7-22-25-14(28)10-4-3-5-11(23-10)24-15(29)9-6-27(2)26-12(9)13(17)18;1-6(10(11,12)13)18-5-15-17-9(18)7-3-2-4-8(14)16-7;1-10-2-3(6(11)12)4(9-10)5(7)8/h3-8,13H,1-2H3,(H,23,24,29);2-6H,1H3,(H2,14,16);2,5H,1H3,(H,11,12)/t8-;6-;/m00./s1. The number of anilines is 2. The minimum absolute atomic E-state index is 0.0108. The molecular weight excluding hydrogens is 818 g/mol. The molecule has 0 aliphatic carbocycles. The number of aryl methyl sites for hydroxylation is 2. The summed E-state index contributed by atoms with van der Waals surface area (Å²) in [6, 6.07) is 5.18. The highest BCUT2D eigenvalue weighted by Gasteiger charge is 2.40. The van der Waals surface area contributed by atoms with Crippen LogP contribution in [0.15, 0.2) is 61.4 Å². The molecule has 6 rings (SSSR count). The van der Waals surface area contributed by atoms with Crippen LogP contribution in [0.25, 0.3) is 23.0 Å². The zero-order valence-corrected chi connectivity index (χ0v) is 30.6. The highest BCUT2D eigenvalue weighted by atomic mass is 19.4. The first-order chi connectivity index (χ1) is 27.5. The fourth-order valence-corrected chi connectivity index (χ4v) is 4.80. The number of nitrogens with zero attached hydrogens (tertiary/aromatic N) is 12. The van der Waals surface area contributed by atoms with E-state index in [0.717, 1.165) is 57.4 Å². The smallest absolute Gasteiger partial charge is 0.408 e. The number of carboxylic acid groups (broad SMARTS) is 1. The Morgan fingerprint density at radius 2 is 1.15 bits per heavy atom. The minimum atomic E-state index is -4.53. The van der Waals surface area contributed by atoms with Gasteiger partial charge in [-0.1, -0.05) is 12.1 Å². The molecule has 59 heavy (non-hydrogen) atoms. The molecule has 2 atom stereocenters. The molecule has 0 spiro atoms. The first-order valence-corrected chi connectivity index (χ1v) is 16.3. The normalized spacial score (nSPS) is 12.7. The molecule has 0 bridgehead atoms. The SMILES string of the molecule is C[C@H](n1cnnc1-c1cccc(N)n1)C(F)(F)F.C[C@H](n1cnnc1-c1cccc(NC(=O)c2cn(C)nc2C(F)F)n1)C(F)(F)F.Cn1cc(C(=O)O)c(C(F)F)n1. The van der Waals surface area contributed by atoms with Gasteiger partial charge in [-0.2, -0.15) is 36.5 Å². The number of nitrogens with one attached hydrogen (secondary N) is 1. The molecule has 0 radical (unpaired) electrons. The van der Waals surface area contributed by atoms with Crippen molar-refractivity contribution in [1.29, 1.82) is 0 Å². The number of nitrogens with two attached hydrogens (primary N) is 1. The van der Waals surface area contributed by atoms with E-state index in [4.69, 9.17) is 10.8 Å². The Balaban J connectivity index is 0.000000217. The summed E-state index contributed by atoms with van der Waals surface area (Å²) in [5, 5.41) is 31.9. The van der Waals surface area contributed by atoms with Crippen molar-refractivity contribution in [3.05, 3.63) is 84.0 Å². The Morgan fingerprint density at radius 1 is 0.712 bits per heavy atom. The highest BCUT2D eigenvalue weighted by molar-refractivity contribution is 6.04. The van der Waals surface area contributed by atoms with Gasteiger partial charge in [0.05, 0.1) is 5.56 Å². The van der Waals surface area contributed by atoms with E-state index in [0.29, 0.717) is 0 Å². The lowest BCUT2D eigenvalue weighted by molar-refractivity contribution is -0.163. The average Bonchev–Trinajstić information content (AvgIpc) is 3.97. The lowest BCUT2D eigenvalue weighted by atomic mass is 10.2. The molecular formula is C32H30F10N14O3. The van der Waals surface area contributed by atoms with Crippen LogP contribution in [-0.4, -0.2) is 88.4 Å².